The second-order valence-electron chi connectivity index (χ2n) is 5.17. The van der Waals surface area contributed by atoms with Crippen molar-refractivity contribution in [2.45, 2.75) is 44.2 Å². The van der Waals surface area contributed by atoms with E-state index in [4.69, 9.17) is 10.5 Å². The molecule has 2 rings (SSSR count). The third-order valence-electron chi connectivity index (χ3n) is 3.97. The lowest BCUT2D eigenvalue weighted by Crippen LogP contribution is -2.39. The predicted molar refractivity (Wildman–Crippen MR) is 61.8 cm³/mol. The summed E-state index contributed by atoms with van der Waals surface area (Å²) in [6.07, 6.45) is 6.73. The molecular formula is C12H24N2O. The Morgan fingerprint density at radius 1 is 1.20 bits per heavy atom. The van der Waals surface area contributed by atoms with Gasteiger partial charge in [-0.3, -0.25) is 0 Å². The number of hydrogen-bond acceptors (Lipinski definition) is 3. The highest BCUT2D eigenvalue weighted by molar-refractivity contribution is 4.82. The van der Waals surface area contributed by atoms with E-state index >= 15 is 0 Å². The molecule has 1 saturated carbocycles. The molecule has 2 aliphatic rings. The highest BCUT2D eigenvalue weighted by Gasteiger charge is 2.26. The Bertz CT molecular complexity index is 190. The van der Waals surface area contributed by atoms with Crippen molar-refractivity contribution >= 4 is 0 Å². The fraction of sp³-hybridized carbons (Fsp3) is 1.00. The second-order valence-corrected chi connectivity index (χ2v) is 5.17. The standard InChI is InChI=1S/C12H24N2O/c1-15-12-4-6-14(7-5-12)9-10-2-3-11(13)8-10/h10-12H,2-9,13H2,1H3. The molecule has 0 spiro atoms. The van der Waals surface area contributed by atoms with E-state index < -0.39 is 0 Å². The fourth-order valence-corrected chi connectivity index (χ4v) is 2.97. The largest absolute Gasteiger partial charge is 0.381 e. The van der Waals surface area contributed by atoms with Gasteiger partial charge < -0.3 is 15.4 Å². The van der Waals surface area contributed by atoms with Crippen molar-refractivity contribution in [3.63, 3.8) is 0 Å². The molecule has 1 aliphatic carbocycles. The third kappa shape index (κ3) is 3.16. The first kappa shape index (κ1) is 11.4. The molecule has 88 valence electrons. The highest BCUT2D eigenvalue weighted by atomic mass is 16.5. The molecule has 2 unspecified atom stereocenters. The lowest BCUT2D eigenvalue weighted by atomic mass is 10.0. The number of rotatable bonds is 3. The van der Waals surface area contributed by atoms with E-state index in [9.17, 15) is 0 Å². The van der Waals surface area contributed by atoms with Crippen LogP contribution in [0.4, 0.5) is 0 Å². The van der Waals surface area contributed by atoms with Crippen LogP contribution in [0.15, 0.2) is 0 Å². The summed E-state index contributed by atoms with van der Waals surface area (Å²) in [5, 5.41) is 0. The summed E-state index contributed by atoms with van der Waals surface area (Å²) in [6, 6.07) is 0.478. The zero-order chi connectivity index (χ0) is 10.7. The molecule has 2 fully saturated rings. The monoisotopic (exact) mass is 212 g/mol. The smallest absolute Gasteiger partial charge is 0.0595 e. The molecule has 3 nitrogen and oxygen atoms in total. The van der Waals surface area contributed by atoms with Gasteiger partial charge in [-0.2, -0.15) is 0 Å². The number of ether oxygens (including phenoxy) is 1. The van der Waals surface area contributed by atoms with Crippen LogP contribution in [0.5, 0.6) is 0 Å². The van der Waals surface area contributed by atoms with Crippen LogP contribution in [0.3, 0.4) is 0 Å². The Labute approximate surface area is 93.0 Å². The van der Waals surface area contributed by atoms with Crippen LogP contribution in [0, 0.1) is 5.92 Å². The van der Waals surface area contributed by atoms with E-state index in [1.165, 1.54) is 51.7 Å². The molecule has 0 aromatic carbocycles. The van der Waals surface area contributed by atoms with Crippen LogP contribution < -0.4 is 5.73 Å². The molecule has 0 amide bonds. The summed E-state index contributed by atoms with van der Waals surface area (Å²) < 4.78 is 5.38. The molecule has 1 saturated heterocycles. The summed E-state index contributed by atoms with van der Waals surface area (Å²) in [5.74, 6) is 0.860. The SMILES string of the molecule is COC1CCN(CC2CCC(N)C2)CC1. The van der Waals surface area contributed by atoms with Crippen molar-refractivity contribution in [2.75, 3.05) is 26.7 Å². The molecule has 0 radical (unpaired) electrons. The number of likely N-dealkylation sites (tertiary alicyclic amines) is 1. The summed E-state index contributed by atoms with van der Waals surface area (Å²) in [6.45, 7) is 3.69. The zero-order valence-electron chi connectivity index (χ0n) is 9.82. The maximum absolute atomic E-state index is 5.94. The first-order chi connectivity index (χ1) is 7.28. The Balaban J connectivity index is 1.68. The van der Waals surface area contributed by atoms with Gasteiger partial charge in [0, 0.05) is 32.8 Å². The van der Waals surface area contributed by atoms with Crippen LogP contribution in [-0.2, 0) is 4.74 Å². The van der Waals surface area contributed by atoms with Gasteiger partial charge in [0.2, 0.25) is 0 Å². The minimum atomic E-state index is 0.478. The van der Waals surface area contributed by atoms with Gasteiger partial charge in [-0.25, -0.2) is 0 Å². The first-order valence-corrected chi connectivity index (χ1v) is 6.28. The van der Waals surface area contributed by atoms with E-state index in [0.29, 0.717) is 12.1 Å². The van der Waals surface area contributed by atoms with Crippen LogP contribution in [0.25, 0.3) is 0 Å². The summed E-state index contributed by atoms with van der Waals surface area (Å²) in [5.41, 5.74) is 5.94. The molecule has 1 aliphatic heterocycles. The summed E-state index contributed by atoms with van der Waals surface area (Å²) in [4.78, 5) is 2.60. The van der Waals surface area contributed by atoms with Crippen molar-refractivity contribution in [1.82, 2.24) is 4.90 Å². The molecular weight excluding hydrogens is 188 g/mol. The number of piperidine rings is 1. The first-order valence-electron chi connectivity index (χ1n) is 6.28. The number of nitrogens with zero attached hydrogens (tertiary/aromatic N) is 1. The minimum Gasteiger partial charge on any atom is -0.381 e. The topological polar surface area (TPSA) is 38.5 Å². The Morgan fingerprint density at radius 2 is 1.93 bits per heavy atom. The van der Waals surface area contributed by atoms with Crippen molar-refractivity contribution in [1.29, 1.82) is 0 Å². The maximum Gasteiger partial charge on any atom is 0.0595 e. The Kier molecular flexibility index (Phi) is 4.00. The zero-order valence-corrected chi connectivity index (χ0v) is 9.82. The van der Waals surface area contributed by atoms with Crippen molar-refractivity contribution in [3.05, 3.63) is 0 Å². The fourth-order valence-electron chi connectivity index (χ4n) is 2.97. The summed E-state index contributed by atoms with van der Waals surface area (Å²) >= 11 is 0. The molecule has 0 bridgehead atoms. The predicted octanol–water partition coefficient (Wildman–Crippen LogP) is 1.22. The number of methoxy groups -OCH3 is 1. The van der Waals surface area contributed by atoms with Crippen molar-refractivity contribution in [3.8, 4) is 0 Å². The Morgan fingerprint density at radius 3 is 2.47 bits per heavy atom. The molecule has 2 N–H and O–H groups in total. The minimum absolute atomic E-state index is 0.478. The molecule has 2 atom stereocenters. The van der Waals surface area contributed by atoms with Gasteiger partial charge >= 0.3 is 0 Å². The number of hydrogen-bond donors (Lipinski definition) is 1. The maximum atomic E-state index is 5.94. The highest BCUT2D eigenvalue weighted by Crippen LogP contribution is 2.26. The van der Waals surface area contributed by atoms with E-state index in [2.05, 4.69) is 4.90 Å². The van der Waals surface area contributed by atoms with Gasteiger partial charge in [0.15, 0.2) is 0 Å². The van der Waals surface area contributed by atoms with Crippen molar-refractivity contribution < 1.29 is 4.74 Å². The molecule has 1 heterocycles. The lowest BCUT2D eigenvalue weighted by molar-refractivity contribution is 0.0368. The van der Waals surface area contributed by atoms with Crippen molar-refractivity contribution in [2.24, 2.45) is 11.7 Å². The quantitative estimate of drug-likeness (QED) is 0.764. The molecule has 0 aromatic heterocycles. The lowest BCUT2D eigenvalue weighted by Gasteiger charge is -2.32. The van der Waals surface area contributed by atoms with E-state index in [-0.39, 0.29) is 0 Å². The Hall–Kier alpha value is -0.120. The van der Waals surface area contributed by atoms with Gasteiger partial charge in [0.1, 0.15) is 0 Å². The molecule has 3 heteroatoms. The third-order valence-corrected chi connectivity index (χ3v) is 3.97. The van der Waals surface area contributed by atoms with Crippen LogP contribution in [-0.4, -0.2) is 43.8 Å². The van der Waals surface area contributed by atoms with Crippen LogP contribution in [0.2, 0.25) is 0 Å². The van der Waals surface area contributed by atoms with E-state index in [0.717, 1.165) is 5.92 Å². The van der Waals surface area contributed by atoms with E-state index in [1.807, 2.05) is 7.11 Å². The van der Waals surface area contributed by atoms with Crippen LogP contribution in [0.1, 0.15) is 32.1 Å². The van der Waals surface area contributed by atoms with Gasteiger partial charge in [0.05, 0.1) is 6.10 Å². The average Bonchev–Trinajstić information content (AvgIpc) is 2.65. The van der Waals surface area contributed by atoms with Crippen LogP contribution >= 0.6 is 0 Å². The van der Waals surface area contributed by atoms with Gasteiger partial charge in [-0.05, 0) is 38.0 Å². The van der Waals surface area contributed by atoms with E-state index in [1.54, 1.807) is 0 Å². The summed E-state index contributed by atoms with van der Waals surface area (Å²) in [7, 11) is 1.83. The average molecular weight is 212 g/mol. The van der Waals surface area contributed by atoms with Gasteiger partial charge in [-0.1, -0.05) is 0 Å². The number of nitrogens with two attached hydrogens (primary N) is 1. The van der Waals surface area contributed by atoms with Gasteiger partial charge in [0.25, 0.3) is 0 Å². The second kappa shape index (κ2) is 5.28. The molecule has 0 aromatic rings. The normalized spacial score (nSPS) is 34.8. The molecule has 15 heavy (non-hydrogen) atoms. The van der Waals surface area contributed by atoms with Gasteiger partial charge in [-0.15, -0.1) is 0 Å².